The van der Waals surface area contributed by atoms with Crippen LogP contribution in [-0.2, 0) is 11.4 Å². The second-order valence-corrected chi connectivity index (χ2v) is 7.64. The smallest absolute Gasteiger partial charge is 0.248 e. The second kappa shape index (κ2) is 10.4. The highest BCUT2D eigenvalue weighted by atomic mass is 16.5. The van der Waals surface area contributed by atoms with Crippen LogP contribution in [0, 0.1) is 6.92 Å². The normalized spacial score (nSPS) is 10.9. The van der Waals surface area contributed by atoms with E-state index in [1.54, 1.807) is 24.4 Å². The number of hydrogen-bond donors (Lipinski definition) is 3. The van der Waals surface area contributed by atoms with Gasteiger partial charge in [-0.1, -0.05) is 36.4 Å². The lowest BCUT2D eigenvalue weighted by atomic mass is 10.1. The van der Waals surface area contributed by atoms with Crippen LogP contribution >= 0.6 is 0 Å². The number of aryl methyl sites for hydroxylation is 1. The number of ether oxygens (including phenoxy) is 2. The van der Waals surface area contributed by atoms with Crippen molar-refractivity contribution in [2.24, 2.45) is 0 Å². The molecule has 1 aromatic heterocycles. The van der Waals surface area contributed by atoms with Gasteiger partial charge in [-0.2, -0.15) is 0 Å². The monoisotopic (exact) mass is 455 g/mol. The number of imidazole rings is 1. The van der Waals surface area contributed by atoms with Gasteiger partial charge in [0.2, 0.25) is 5.91 Å². The van der Waals surface area contributed by atoms with Crippen molar-refractivity contribution < 1.29 is 19.4 Å². The number of anilines is 1. The molecule has 0 fully saturated rings. The topological polar surface area (TPSA) is 96.5 Å². The first-order chi connectivity index (χ1) is 16.5. The lowest BCUT2D eigenvalue weighted by molar-refractivity contribution is -0.111. The summed E-state index contributed by atoms with van der Waals surface area (Å²) in [6, 6.07) is 20.1. The SMILES string of the molecule is COc1ccc(/C=C/C(=O)Nc2ccccc2COc2cccc(-c3ncc(C)[nH]3)c2)cc1O. The number of aromatic hydroxyl groups is 1. The molecule has 34 heavy (non-hydrogen) atoms. The van der Waals surface area contributed by atoms with Crippen molar-refractivity contribution in [3.8, 4) is 28.6 Å². The van der Waals surface area contributed by atoms with Crippen molar-refractivity contribution in [1.82, 2.24) is 9.97 Å². The second-order valence-electron chi connectivity index (χ2n) is 7.64. The van der Waals surface area contributed by atoms with E-state index in [4.69, 9.17) is 9.47 Å². The lowest BCUT2D eigenvalue weighted by Crippen LogP contribution is -2.10. The predicted molar refractivity (Wildman–Crippen MR) is 132 cm³/mol. The summed E-state index contributed by atoms with van der Waals surface area (Å²) in [5, 5.41) is 12.8. The number of hydrogen-bond acceptors (Lipinski definition) is 5. The summed E-state index contributed by atoms with van der Waals surface area (Å²) in [4.78, 5) is 20.1. The Balaban J connectivity index is 1.41. The predicted octanol–water partition coefficient (Wildman–Crippen LogP) is 5.33. The maximum atomic E-state index is 12.5. The van der Waals surface area contributed by atoms with E-state index in [0.29, 0.717) is 22.7 Å². The zero-order valence-electron chi connectivity index (χ0n) is 18.9. The molecule has 0 saturated carbocycles. The number of nitrogens with zero attached hydrogens (tertiary/aromatic N) is 1. The lowest BCUT2D eigenvalue weighted by Gasteiger charge is -2.12. The molecule has 0 aliphatic heterocycles. The third-order valence-electron chi connectivity index (χ3n) is 5.11. The molecule has 0 saturated heterocycles. The van der Waals surface area contributed by atoms with Gasteiger partial charge in [0.05, 0.1) is 7.11 Å². The standard InChI is InChI=1S/C27H25N3O4/c1-18-16-28-27(29-18)20-7-5-8-22(15-20)34-17-21-6-3-4-9-23(21)30-26(32)13-11-19-10-12-25(33-2)24(31)14-19/h3-16,31H,17H2,1-2H3,(H,28,29)(H,30,32)/b13-11+. The Morgan fingerprint density at radius 1 is 1.12 bits per heavy atom. The van der Waals surface area contributed by atoms with Gasteiger partial charge >= 0.3 is 0 Å². The fourth-order valence-electron chi connectivity index (χ4n) is 3.38. The van der Waals surface area contributed by atoms with Crippen LogP contribution in [0.1, 0.15) is 16.8 Å². The fraction of sp³-hybridized carbons (Fsp3) is 0.111. The van der Waals surface area contributed by atoms with Crippen LogP contribution in [0.4, 0.5) is 5.69 Å². The van der Waals surface area contributed by atoms with Crippen LogP contribution in [0.25, 0.3) is 17.5 Å². The maximum absolute atomic E-state index is 12.5. The van der Waals surface area contributed by atoms with E-state index in [1.165, 1.54) is 19.3 Å². The van der Waals surface area contributed by atoms with E-state index in [2.05, 4.69) is 15.3 Å². The zero-order chi connectivity index (χ0) is 23.9. The minimum Gasteiger partial charge on any atom is -0.504 e. The van der Waals surface area contributed by atoms with Gasteiger partial charge in [-0.05, 0) is 48.9 Å². The molecular formula is C27H25N3O4. The number of nitrogens with one attached hydrogen (secondary N) is 2. The Morgan fingerprint density at radius 3 is 2.74 bits per heavy atom. The molecule has 7 heteroatoms. The van der Waals surface area contributed by atoms with Gasteiger partial charge in [0, 0.05) is 34.8 Å². The van der Waals surface area contributed by atoms with Gasteiger partial charge in [-0.25, -0.2) is 4.98 Å². The Kier molecular flexibility index (Phi) is 6.93. The third-order valence-corrected chi connectivity index (χ3v) is 5.11. The number of methoxy groups -OCH3 is 1. The van der Waals surface area contributed by atoms with Crippen molar-refractivity contribution in [3.05, 3.63) is 95.8 Å². The van der Waals surface area contributed by atoms with Crippen LogP contribution in [0.2, 0.25) is 0 Å². The fourth-order valence-corrected chi connectivity index (χ4v) is 3.38. The van der Waals surface area contributed by atoms with E-state index < -0.39 is 0 Å². The number of carbonyl (C=O) groups excluding carboxylic acids is 1. The van der Waals surface area contributed by atoms with Gasteiger partial charge in [-0.15, -0.1) is 0 Å². The van der Waals surface area contributed by atoms with Gasteiger partial charge < -0.3 is 24.9 Å². The van der Waals surface area contributed by atoms with Crippen LogP contribution < -0.4 is 14.8 Å². The maximum Gasteiger partial charge on any atom is 0.248 e. The zero-order valence-corrected chi connectivity index (χ0v) is 18.9. The minimum atomic E-state index is -0.294. The molecule has 172 valence electrons. The number of para-hydroxylation sites is 1. The van der Waals surface area contributed by atoms with Gasteiger partial charge in [-0.3, -0.25) is 4.79 Å². The number of benzene rings is 3. The van der Waals surface area contributed by atoms with Crippen LogP contribution in [0.5, 0.6) is 17.2 Å². The largest absolute Gasteiger partial charge is 0.504 e. The van der Waals surface area contributed by atoms with Crippen molar-refractivity contribution in [2.45, 2.75) is 13.5 Å². The molecule has 7 nitrogen and oxygen atoms in total. The number of aromatic amines is 1. The number of amides is 1. The summed E-state index contributed by atoms with van der Waals surface area (Å²) < 4.78 is 11.0. The summed E-state index contributed by atoms with van der Waals surface area (Å²) in [6.45, 7) is 2.24. The van der Waals surface area contributed by atoms with E-state index >= 15 is 0 Å². The summed E-state index contributed by atoms with van der Waals surface area (Å²) in [7, 11) is 1.48. The molecule has 0 atom stereocenters. The van der Waals surface area contributed by atoms with Crippen molar-refractivity contribution >= 4 is 17.7 Å². The highest BCUT2D eigenvalue weighted by Gasteiger charge is 2.08. The van der Waals surface area contributed by atoms with Gasteiger partial charge in [0.15, 0.2) is 11.5 Å². The number of phenols is 1. The van der Waals surface area contributed by atoms with E-state index in [1.807, 2.05) is 55.5 Å². The average Bonchev–Trinajstić information content (AvgIpc) is 3.29. The number of carbonyl (C=O) groups is 1. The van der Waals surface area contributed by atoms with Crippen LogP contribution in [0.15, 0.2) is 79.0 Å². The quantitative estimate of drug-likeness (QED) is 0.312. The van der Waals surface area contributed by atoms with E-state index in [-0.39, 0.29) is 18.3 Å². The Bertz CT molecular complexity index is 1330. The first kappa shape index (κ1) is 22.7. The number of rotatable bonds is 8. The Labute approximate surface area is 197 Å². The van der Waals surface area contributed by atoms with Crippen LogP contribution in [0.3, 0.4) is 0 Å². The molecule has 1 amide bonds. The summed E-state index contributed by atoms with van der Waals surface area (Å²) in [5.74, 6) is 1.58. The molecule has 0 aliphatic carbocycles. The number of H-pyrrole nitrogens is 1. The first-order valence-electron chi connectivity index (χ1n) is 10.7. The molecule has 0 bridgehead atoms. The number of aromatic nitrogens is 2. The molecular weight excluding hydrogens is 430 g/mol. The summed E-state index contributed by atoms with van der Waals surface area (Å²) >= 11 is 0. The first-order valence-corrected chi connectivity index (χ1v) is 10.7. The molecule has 0 unspecified atom stereocenters. The Morgan fingerprint density at radius 2 is 1.97 bits per heavy atom. The molecule has 0 radical (unpaired) electrons. The molecule has 4 rings (SSSR count). The molecule has 4 aromatic rings. The molecule has 1 heterocycles. The van der Waals surface area contributed by atoms with Crippen molar-refractivity contribution in [1.29, 1.82) is 0 Å². The molecule has 0 spiro atoms. The molecule has 3 aromatic carbocycles. The average molecular weight is 456 g/mol. The summed E-state index contributed by atoms with van der Waals surface area (Å²) in [6.07, 6.45) is 4.82. The number of phenolic OH excluding ortho intramolecular Hbond substituents is 1. The van der Waals surface area contributed by atoms with Crippen LogP contribution in [-0.4, -0.2) is 28.1 Å². The molecule has 3 N–H and O–H groups in total. The van der Waals surface area contributed by atoms with Gasteiger partial charge in [0.1, 0.15) is 18.2 Å². The molecule has 0 aliphatic rings. The third kappa shape index (κ3) is 5.63. The van der Waals surface area contributed by atoms with E-state index in [9.17, 15) is 9.90 Å². The van der Waals surface area contributed by atoms with Gasteiger partial charge in [0.25, 0.3) is 0 Å². The highest BCUT2D eigenvalue weighted by Crippen LogP contribution is 2.27. The summed E-state index contributed by atoms with van der Waals surface area (Å²) in [5.41, 5.74) is 4.10. The van der Waals surface area contributed by atoms with Crippen molar-refractivity contribution in [2.75, 3.05) is 12.4 Å². The minimum absolute atomic E-state index is 0.0128. The Hall–Kier alpha value is -4.52. The van der Waals surface area contributed by atoms with Crippen molar-refractivity contribution in [3.63, 3.8) is 0 Å². The highest BCUT2D eigenvalue weighted by molar-refractivity contribution is 6.02. The van der Waals surface area contributed by atoms with E-state index in [0.717, 1.165) is 22.6 Å².